The second kappa shape index (κ2) is 9.07. The largest absolute Gasteiger partial charge is 0.363 e. The Balaban J connectivity index is 1.53. The van der Waals surface area contributed by atoms with E-state index in [1.54, 1.807) is 0 Å². The van der Waals surface area contributed by atoms with Crippen molar-refractivity contribution in [3.05, 3.63) is 35.0 Å². The molecule has 1 aliphatic heterocycles. The number of hydrogen-bond acceptors (Lipinski definition) is 5. The lowest BCUT2D eigenvalue weighted by atomic mass is 10.1. The molecule has 26 heavy (non-hydrogen) atoms. The van der Waals surface area contributed by atoms with Crippen LogP contribution in [-0.4, -0.2) is 36.8 Å². The minimum absolute atomic E-state index is 0.372. The fraction of sp³-hybridized carbons (Fsp3) is 0.579. The van der Waals surface area contributed by atoms with Crippen molar-refractivity contribution in [2.24, 2.45) is 4.99 Å². The molecule has 0 radical (unpaired) electrons. The van der Waals surface area contributed by atoms with Crippen molar-refractivity contribution in [2.75, 3.05) is 24.5 Å². The van der Waals surface area contributed by atoms with Gasteiger partial charge in [0.2, 0.25) is 0 Å². The van der Waals surface area contributed by atoms with E-state index in [0.29, 0.717) is 18.5 Å². The van der Waals surface area contributed by atoms with Crippen molar-refractivity contribution < 1.29 is 4.52 Å². The van der Waals surface area contributed by atoms with Gasteiger partial charge in [-0.1, -0.05) is 19.0 Å². The van der Waals surface area contributed by atoms with Crippen LogP contribution >= 0.6 is 11.3 Å². The zero-order valence-electron chi connectivity index (χ0n) is 15.9. The minimum Gasteiger partial charge on any atom is -0.363 e. The van der Waals surface area contributed by atoms with Crippen molar-refractivity contribution >= 4 is 22.3 Å². The maximum atomic E-state index is 5.38. The topological polar surface area (TPSA) is 65.7 Å². The molecule has 0 atom stereocenters. The van der Waals surface area contributed by atoms with E-state index in [1.165, 1.54) is 5.00 Å². The number of aliphatic imine (C=N–C) groups is 1. The van der Waals surface area contributed by atoms with Crippen LogP contribution in [0.1, 0.15) is 51.0 Å². The molecular formula is C19H29N5OS. The molecule has 0 spiro atoms. The van der Waals surface area contributed by atoms with E-state index >= 15 is 0 Å². The molecule has 6 nitrogen and oxygen atoms in total. The summed E-state index contributed by atoms with van der Waals surface area (Å²) in [6.45, 7) is 9.81. The van der Waals surface area contributed by atoms with Crippen molar-refractivity contribution in [2.45, 2.75) is 52.1 Å². The number of hydrogen-bond donors (Lipinski definition) is 2. The molecule has 142 valence electrons. The van der Waals surface area contributed by atoms with Gasteiger partial charge in [-0.25, -0.2) is 4.99 Å². The Morgan fingerprint density at radius 1 is 1.42 bits per heavy atom. The van der Waals surface area contributed by atoms with Gasteiger partial charge < -0.3 is 20.1 Å². The van der Waals surface area contributed by atoms with Crippen LogP contribution in [0.25, 0.3) is 0 Å². The van der Waals surface area contributed by atoms with Gasteiger partial charge in [0.25, 0.3) is 0 Å². The van der Waals surface area contributed by atoms with E-state index in [1.807, 2.05) is 17.4 Å². The number of nitrogens with one attached hydrogen (secondary N) is 2. The number of piperidine rings is 1. The molecule has 1 saturated heterocycles. The average Bonchev–Trinajstić information content (AvgIpc) is 3.32. The lowest BCUT2D eigenvalue weighted by Gasteiger charge is -2.33. The Hall–Kier alpha value is -2.02. The third kappa shape index (κ3) is 5.00. The highest BCUT2D eigenvalue weighted by Gasteiger charge is 2.20. The average molecular weight is 376 g/mol. The molecule has 0 aliphatic carbocycles. The molecule has 2 N–H and O–H groups in total. The molecule has 0 saturated carbocycles. The monoisotopic (exact) mass is 375 g/mol. The Kier molecular flexibility index (Phi) is 6.55. The van der Waals surface area contributed by atoms with Crippen LogP contribution in [0.4, 0.5) is 5.00 Å². The lowest BCUT2D eigenvalue weighted by molar-refractivity contribution is 0.376. The summed E-state index contributed by atoms with van der Waals surface area (Å²) in [6.07, 6.45) is 2.23. The zero-order valence-corrected chi connectivity index (χ0v) is 16.7. The molecule has 0 aromatic carbocycles. The van der Waals surface area contributed by atoms with Crippen LogP contribution < -0.4 is 15.5 Å². The van der Waals surface area contributed by atoms with Gasteiger partial charge in [0.05, 0.1) is 10.7 Å². The van der Waals surface area contributed by atoms with Gasteiger partial charge in [0.1, 0.15) is 6.54 Å². The first kappa shape index (κ1) is 18.8. The zero-order chi connectivity index (χ0) is 18.4. The van der Waals surface area contributed by atoms with Crippen molar-refractivity contribution in [1.82, 2.24) is 15.8 Å². The van der Waals surface area contributed by atoms with Gasteiger partial charge in [0.15, 0.2) is 11.7 Å². The predicted octanol–water partition coefficient (Wildman–Crippen LogP) is 3.58. The molecule has 0 bridgehead atoms. The Morgan fingerprint density at radius 3 is 2.85 bits per heavy atom. The fourth-order valence-corrected chi connectivity index (χ4v) is 3.83. The standard InChI is InChI=1S/C19H29N5OS/c1-4-20-19(21-13-16-12-17(14(2)3)23-25-16)22-15-7-9-24(10-8-15)18-6-5-11-26-18/h5-6,11-12,14-15H,4,7-10,13H2,1-3H3,(H2,20,21,22). The van der Waals surface area contributed by atoms with Crippen molar-refractivity contribution in [1.29, 1.82) is 0 Å². The SMILES string of the molecule is CCNC(=NCc1cc(C(C)C)no1)NC1CCN(c2cccs2)CC1. The summed E-state index contributed by atoms with van der Waals surface area (Å²) < 4.78 is 5.38. The van der Waals surface area contributed by atoms with E-state index in [0.717, 1.165) is 49.9 Å². The van der Waals surface area contributed by atoms with E-state index in [9.17, 15) is 0 Å². The van der Waals surface area contributed by atoms with Crippen LogP contribution in [0.2, 0.25) is 0 Å². The summed E-state index contributed by atoms with van der Waals surface area (Å²) >= 11 is 1.82. The number of aromatic nitrogens is 1. The van der Waals surface area contributed by atoms with Crippen LogP contribution in [0.5, 0.6) is 0 Å². The highest BCUT2D eigenvalue weighted by molar-refractivity contribution is 7.14. The maximum Gasteiger partial charge on any atom is 0.191 e. The molecule has 2 aromatic heterocycles. The highest BCUT2D eigenvalue weighted by Crippen LogP contribution is 2.24. The molecule has 3 rings (SSSR count). The summed E-state index contributed by atoms with van der Waals surface area (Å²) in [5, 5.41) is 14.5. The van der Waals surface area contributed by atoms with E-state index in [-0.39, 0.29) is 0 Å². The number of nitrogens with zero attached hydrogens (tertiary/aromatic N) is 3. The summed E-state index contributed by atoms with van der Waals surface area (Å²) in [7, 11) is 0. The molecule has 2 aromatic rings. The Morgan fingerprint density at radius 2 is 2.23 bits per heavy atom. The molecule has 7 heteroatoms. The fourth-order valence-electron chi connectivity index (χ4n) is 3.04. The smallest absolute Gasteiger partial charge is 0.191 e. The van der Waals surface area contributed by atoms with Gasteiger partial charge in [-0.2, -0.15) is 0 Å². The second-order valence-corrected chi connectivity index (χ2v) is 7.85. The minimum atomic E-state index is 0.372. The Labute approximate surface area is 159 Å². The number of guanidine groups is 1. The van der Waals surface area contributed by atoms with Crippen LogP contribution in [0.3, 0.4) is 0 Å². The first-order valence-corrected chi connectivity index (χ1v) is 10.3. The first-order chi connectivity index (χ1) is 12.7. The summed E-state index contributed by atoms with van der Waals surface area (Å²) in [4.78, 5) is 7.14. The first-order valence-electron chi connectivity index (χ1n) is 9.44. The number of anilines is 1. The van der Waals surface area contributed by atoms with Crippen LogP contribution in [0, 0.1) is 0 Å². The van der Waals surface area contributed by atoms with E-state index in [2.05, 4.69) is 64.0 Å². The molecule has 1 fully saturated rings. The molecule has 1 aliphatic rings. The van der Waals surface area contributed by atoms with Gasteiger partial charge in [-0.3, -0.25) is 0 Å². The normalized spacial score (nSPS) is 16.3. The van der Waals surface area contributed by atoms with Crippen molar-refractivity contribution in [3.8, 4) is 0 Å². The third-order valence-electron chi connectivity index (χ3n) is 4.56. The number of thiophene rings is 1. The molecule has 3 heterocycles. The van der Waals surface area contributed by atoms with Crippen LogP contribution in [0.15, 0.2) is 33.1 Å². The Bertz CT molecular complexity index is 687. The van der Waals surface area contributed by atoms with Gasteiger partial charge in [-0.15, -0.1) is 11.3 Å². The van der Waals surface area contributed by atoms with Gasteiger partial charge >= 0.3 is 0 Å². The van der Waals surface area contributed by atoms with E-state index in [4.69, 9.17) is 4.52 Å². The molecule has 0 unspecified atom stereocenters. The maximum absolute atomic E-state index is 5.38. The third-order valence-corrected chi connectivity index (χ3v) is 5.49. The lowest BCUT2D eigenvalue weighted by Crippen LogP contribution is -2.48. The van der Waals surface area contributed by atoms with Crippen molar-refractivity contribution in [3.63, 3.8) is 0 Å². The van der Waals surface area contributed by atoms with E-state index < -0.39 is 0 Å². The van der Waals surface area contributed by atoms with Gasteiger partial charge in [0, 0.05) is 31.7 Å². The second-order valence-electron chi connectivity index (χ2n) is 6.92. The summed E-state index contributed by atoms with van der Waals surface area (Å²) in [6, 6.07) is 6.77. The van der Waals surface area contributed by atoms with Crippen LogP contribution in [-0.2, 0) is 6.54 Å². The number of rotatable bonds is 6. The molecular weight excluding hydrogens is 346 g/mol. The highest BCUT2D eigenvalue weighted by atomic mass is 32.1. The quantitative estimate of drug-likeness (QED) is 0.597. The summed E-state index contributed by atoms with van der Waals surface area (Å²) in [5.41, 5.74) is 0.981. The molecule has 0 amide bonds. The van der Waals surface area contributed by atoms with Gasteiger partial charge in [-0.05, 0) is 43.2 Å². The summed E-state index contributed by atoms with van der Waals surface area (Å²) in [5.74, 6) is 2.03. The predicted molar refractivity (Wildman–Crippen MR) is 108 cm³/mol.